The molecule has 0 spiro atoms. The molecule has 2 aliphatic heterocycles. The fraction of sp³-hybridized carbons (Fsp3) is 0.391. The summed E-state index contributed by atoms with van der Waals surface area (Å²) in [6, 6.07) is 10.5. The number of nitrogens with zero attached hydrogens (tertiary/aromatic N) is 2. The van der Waals surface area contributed by atoms with E-state index >= 15 is 0 Å². The van der Waals surface area contributed by atoms with Crippen molar-refractivity contribution < 1.29 is 19.1 Å². The summed E-state index contributed by atoms with van der Waals surface area (Å²) in [5.41, 5.74) is 2.53. The Balaban J connectivity index is 1.61. The number of rotatable bonds is 4. The molecule has 2 amide bonds. The van der Waals surface area contributed by atoms with E-state index < -0.39 is 0 Å². The first kappa shape index (κ1) is 20.1. The first-order chi connectivity index (χ1) is 14.5. The molecule has 4 rings (SSSR count). The van der Waals surface area contributed by atoms with Crippen molar-refractivity contribution in [1.29, 1.82) is 0 Å². The van der Waals surface area contributed by atoms with E-state index in [2.05, 4.69) is 10.2 Å². The van der Waals surface area contributed by atoms with Crippen LogP contribution >= 0.6 is 0 Å². The number of carbonyl (C=O) groups is 2. The second kappa shape index (κ2) is 8.26. The SMILES string of the molecule is COc1cc(NC(=O)c2ccc3c(c2)N(C)[C@H]2CCCCCN2C3=O)cc(OC)c1. The van der Waals surface area contributed by atoms with E-state index in [0.29, 0.717) is 28.3 Å². The van der Waals surface area contributed by atoms with E-state index in [4.69, 9.17) is 9.47 Å². The summed E-state index contributed by atoms with van der Waals surface area (Å²) in [5, 5.41) is 2.89. The molecule has 1 saturated heterocycles. The second-order valence-corrected chi connectivity index (χ2v) is 7.73. The minimum absolute atomic E-state index is 0.0495. The van der Waals surface area contributed by atoms with Crippen molar-refractivity contribution in [3.63, 3.8) is 0 Å². The molecule has 158 valence electrons. The van der Waals surface area contributed by atoms with Gasteiger partial charge in [-0.25, -0.2) is 0 Å². The Hall–Kier alpha value is -3.22. The number of hydrogen-bond acceptors (Lipinski definition) is 5. The topological polar surface area (TPSA) is 71.1 Å². The third kappa shape index (κ3) is 3.67. The molecule has 7 nitrogen and oxygen atoms in total. The van der Waals surface area contributed by atoms with Gasteiger partial charge in [0.1, 0.15) is 17.7 Å². The average molecular weight is 409 g/mol. The molecule has 7 heteroatoms. The molecule has 0 bridgehead atoms. The van der Waals surface area contributed by atoms with Gasteiger partial charge < -0.3 is 24.6 Å². The number of hydrogen-bond donors (Lipinski definition) is 1. The number of methoxy groups -OCH3 is 2. The van der Waals surface area contributed by atoms with Gasteiger partial charge in [-0.1, -0.05) is 6.42 Å². The third-order valence-corrected chi connectivity index (χ3v) is 5.91. The van der Waals surface area contributed by atoms with Gasteiger partial charge in [0, 0.05) is 43.0 Å². The maximum atomic E-state index is 13.0. The number of fused-ring (bicyclic) bond motifs is 2. The molecule has 0 aliphatic carbocycles. The van der Waals surface area contributed by atoms with Crippen LogP contribution in [0.2, 0.25) is 0 Å². The van der Waals surface area contributed by atoms with Gasteiger partial charge in [-0.05, 0) is 37.5 Å². The average Bonchev–Trinajstić information content (AvgIpc) is 3.03. The third-order valence-electron chi connectivity index (χ3n) is 5.91. The molecule has 0 radical (unpaired) electrons. The molecule has 30 heavy (non-hydrogen) atoms. The van der Waals surface area contributed by atoms with Crippen LogP contribution < -0.4 is 19.7 Å². The molecule has 0 aromatic heterocycles. The monoisotopic (exact) mass is 409 g/mol. The Labute approximate surface area is 176 Å². The normalized spacial score (nSPS) is 18.2. The second-order valence-electron chi connectivity index (χ2n) is 7.73. The predicted octanol–water partition coefficient (Wildman–Crippen LogP) is 3.75. The molecule has 0 unspecified atom stereocenters. The van der Waals surface area contributed by atoms with E-state index in [9.17, 15) is 9.59 Å². The van der Waals surface area contributed by atoms with Crippen molar-refractivity contribution in [3.8, 4) is 11.5 Å². The van der Waals surface area contributed by atoms with Crippen molar-refractivity contribution in [1.82, 2.24) is 4.90 Å². The Morgan fingerprint density at radius 3 is 2.47 bits per heavy atom. The highest BCUT2D eigenvalue weighted by molar-refractivity contribution is 6.08. The summed E-state index contributed by atoms with van der Waals surface area (Å²) in [6.07, 6.45) is 4.28. The lowest BCUT2D eigenvalue weighted by molar-refractivity contribution is 0.0661. The van der Waals surface area contributed by atoms with Crippen molar-refractivity contribution in [2.24, 2.45) is 0 Å². The lowest BCUT2D eigenvalue weighted by Gasteiger charge is -2.43. The van der Waals surface area contributed by atoms with E-state index in [-0.39, 0.29) is 18.0 Å². The molecule has 0 saturated carbocycles. The number of carbonyl (C=O) groups excluding carboxylic acids is 2. The highest BCUT2D eigenvalue weighted by Gasteiger charge is 2.36. The van der Waals surface area contributed by atoms with E-state index in [1.807, 2.05) is 18.0 Å². The van der Waals surface area contributed by atoms with Gasteiger partial charge in [-0.2, -0.15) is 0 Å². The van der Waals surface area contributed by atoms with E-state index in [1.54, 1.807) is 44.6 Å². The molecular weight excluding hydrogens is 382 g/mol. The highest BCUT2D eigenvalue weighted by atomic mass is 16.5. The summed E-state index contributed by atoms with van der Waals surface area (Å²) in [5.74, 6) is 0.986. The highest BCUT2D eigenvalue weighted by Crippen LogP contribution is 2.34. The van der Waals surface area contributed by atoms with Crippen molar-refractivity contribution >= 4 is 23.2 Å². The fourth-order valence-electron chi connectivity index (χ4n) is 4.27. The summed E-state index contributed by atoms with van der Waals surface area (Å²) >= 11 is 0. The van der Waals surface area contributed by atoms with Crippen LogP contribution in [-0.2, 0) is 0 Å². The quantitative estimate of drug-likeness (QED) is 0.833. The van der Waals surface area contributed by atoms with Crippen LogP contribution in [0.5, 0.6) is 11.5 Å². The lowest BCUT2D eigenvalue weighted by atomic mass is 10.0. The number of amides is 2. The van der Waals surface area contributed by atoms with E-state index in [0.717, 1.165) is 37.9 Å². The Bertz CT molecular complexity index is 953. The summed E-state index contributed by atoms with van der Waals surface area (Å²) in [4.78, 5) is 30.1. The number of ether oxygens (including phenoxy) is 2. The van der Waals surface area contributed by atoms with Gasteiger partial charge in [0.2, 0.25) is 0 Å². The molecule has 1 fully saturated rings. The fourth-order valence-corrected chi connectivity index (χ4v) is 4.27. The number of anilines is 2. The molecule has 2 aromatic carbocycles. The van der Waals surface area contributed by atoms with Crippen LogP contribution in [-0.4, -0.2) is 50.7 Å². The van der Waals surface area contributed by atoms with Crippen LogP contribution in [0.25, 0.3) is 0 Å². The van der Waals surface area contributed by atoms with Crippen LogP contribution in [0.4, 0.5) is 11.4 Å². The number of nitrogens with one attached hydrogen (secondary N) is 1. The van der Waals surface area contributed by atoms with Crippen molar-refractivity contribution in [2.45, 2.75) is 31.8 Å². The van der Waals surface area contributed by atoms with Gasteiger partial charge in [0.25, 0.3) is 11.8 Å². The van der Waals surface area contributed by atoms with Gasteiger partial charge in [-0.15, -0.1) is 0 Å². The van der Waals surface area contributed by atoms with Crippen LogP contribution in [0.1, 0.15) is 46.4 Å². The largest absolute Gasteiger partial charge is 0.497 e. The van der Waals surface area contributed by atoms with Crippen molar-refractivity contribution in [2.75, 3.05) is 38.0 Å². The van der Waals surface area contributed by atoms with E-state index in [1.165, 1.54) is 0 Å². The maximum Gasteiger partial charge on any atom is 0.257 e. The first-order valence-electron chi connectivity index (χ1n) is 10.2. The molecule has 2 heterocycles. The van der Waals surface area contributed by atoms with Crippen LogP contribution in [0, 0.1) is 0 Å². The van der Waals surface area contributed by atoms with Gasteiger partial charge in [0.15, 0.2) is 0 Å². The zero-order valence-corrected chi connectivity index (χ0v) is 17.6. The summed E-state index contributed by atoms with van der Waals surface area (Å²) in [6.45, 7) is 0.785. The molecular formula is C23H27N3O4. The van der Waals surface area contributed by atoms with Gasteiger partial charge in [-0.3, -0.25) is 9.59 Å². The molecule has 1 atom stereocenters. The summed E-state index contributed by atoms with van der Waals surface area (Å²) in [7, 11) is 5.13. The molecule has 2 aromatic rings. The zero-order valence-electron chi connectivity index (χ0n) is 17.6. The Morgan fingerprint density at radius 2 is 1.77 bits per heavy atom. The minimum atomic E-state index is -0.253. The summed E-state index contributed by atoms with van der Waals surface area (Å²) < 4.78 is 10.5. The van der Waals surface area contributed by atoms with Crippen LogP contribution in [0.3, 0.4) is 0 Å². The smallest absolute Gasteiger partial charge is 0.257 e. The van der Waals surface area contributed by atoms with Crippen LogP contribution in [0.15, 0.2) is 36.4 Å². The lowest BCUT2D eigenvalue weighted by Crippen LogP contribution is -2.53. The predicted molar refractivity (Wildman–Crippen MR) is 116 cm³/mol. The molecule has 2 aliphatic rings. The minimum Gasteiger partial charge on any atom is -0.497 e. The first-order valence-corrected chi connectivity index (χ1v) is 10.2. The molecule has 1 N–H and O–H groups in total. The zero-order chi connectivity index (χ0) is 21.3. The Kier molecular flexibility index (Phi) is 5.53. The van der Waals surface area contributed by atoms with Crippen molar-refractivity contribution in [3.05, 3.63) is 47.5 Å². The number of benzene rings is 2. The van der Waals surface area contributed by atoms with Gasteiger partial charge >= 0.3 is 0 Å². The Morgan fingerprint density at radius 1 is 1.03 bits per heavy atom. The maximum absolute atomic E-state index is 13.0. The van der Waals surface area contributed by atoms with Gasteiger partial charge in [0.05, 0.1) is 25.5 Å². The standard InChI is InChI=1S/C23H27N3O4/c1-25-20-11-15(22(27)24-16-12-17(29-2)14-18(13-16)30-3)8-9-19(20)23(28)26-10-6-4-5-7-21(25)26/h8-9,11-14,21H,4-7,10H2,1-3H3,(H,24,27)/t21-/m1/s1.